The molecule has 30 heavy (non-hydrogen) atoms. The van der Waals surface area contributed by atoms with Gasteiger partial charge in [-0.05, 0) is 73.4 Å². The van der Waals surface area contributed by atoms with Crippen LogP contribution in [-0.2, 0) is 6.42 Å². The summed E-state index contributed by atoms with van der Waals surface area (Å²) in [4.78, 5) is 10.1. The molecule has 0 unspecified atom stereocenters. The van der Waals surface area contributed by atoms with E-state index in [0.717, 1.165) is 33.5 Å². The Morgan fingerprint density at radius 1 is 1.00 bits per heavy atom. The summed E-state index contributed by atoms with van der Waals surface area (Å²) in [5.41, 5.74) is 8.64. The molecule has 0 aliphatic heterocycles. The highest BCUT2D eigenvalue weighted by Crippen LogP contribution is 2.25. The maximum atomic E-state index is 5.90. The molecule has 1 aromatic heterocycles. The van der Waals surface area contributed by atoms with Gasteiger partial charge in [0.05, 0.1) is 6.54 Å². The van der Waals surface area contributed by atoms with Crippen molar-refractivity contribution in [3.63, 3.8) is 0 Å². The first kappa shape index (κ1) is 20.2. The van der Waals surface area contributed by atoms with Crippen LogP contribution in [0.5, 0.6) is 0 Å². The lowest BCUT2D eigenvalue weighted by molar-refractivity contribution is 0.620. The average molecular weight is 413 g/mol. The molecule has 0 amide bonds. The smallest absolute Gasteiger partial charge is 0.227 e. The lowest BCUT2D eigenvalue weighted by atomic mass is 9.99. The predicted octanol–water partition coefficient (Wildman–Crippen LogP) is 6.45. The Morgan fingerprint density at radius 3 is 2.47 bits per heavy atom. The van der Waals surface area contributed by atoms with E-state index in [1.54, 1.807) is 0 Å². The van der Waals surface area contributed by atoms with Crippen molar-refractivity contribution in [1.29, 1.82) is 0 Å². The van der Waals surface area contributed by atoms with Crippen LogP contribution in [0.1, 0.15) is 27.8 Å². The zero-order chi connectivity index (χ0) is 21.1. The van der Waals surface area contributed by atoms with E-state index in [0.29, 0.717) is 12.4 Å². The maximum Gasteiger partial charge on any atom is 0.227 e. The average Bonchev–Trinajstić information content (AvgIpc) is 3.15. The van der Waals surface area contributed by atoms with Crippen molar-refractivity contribution >= 4 is 34.4 Å². The minimum Gasteiger partial charge on any atom is -0.436 e. The molecule has 0 radical (unpaired) electrons. The Balaban J connectivity index is 1.45. The third-order valence-electron chi connectivity index (χ3n) is 5.24. The number of rotatable bonds is 6. The lowest BCUT2D eigenvalue weighted by Gasteiger charge is -2.09. The fraction of sp³-hybridized carbons (Fsp3) is 0.192. The second-order valence-corrected chi connectivity index (χ2v) is 8.25. The summed E-state index contributed by atoms with van der Waals surface area (Å²) >= 11 is 5.57. The van der Waals surface area contributed by atoms with Crippen molar-refractivity contribution in [2.75, 3.05) is 6.54 Å². The molecule has 4 aromatic rings. The van der Waals surface area contributed by atoms with E-state index in [2.05, 4.69) is 61.1 Å². The van der Waals surface area contributed by atoms with Gasteiger partial charge in [-0.25, -0.2) is 4.98 Å². The van der Waals surface area contributed by atoms with Gasteiger partial charge in [-0.15, -0.1) is 0 Å². The minimum atomic E-state index is 0.536. The first-order valence-electron chi connectivity index (χ1n) is 10.0. The van der Waals surface area contributed by atoms with Crippen molar-refractivity contribution in [3.05, 3.63) is 88.5 Å². The Bertz CT molecular complexity index is 1220. The molecule has 3 nitrogen and oxygen atoms in total. The Hall–Kier alpha value is -3.11. The first-order valence-corrected chi connectivity index (χ1v) is 10.4. The monoisotopic (exact) mass is 412 g/mol. The van der Waals surface area contributed by atoms with Gasteiger partial charge in [-0.3, -0.25) is 4.99 Å². The second kappa shape index (κ2) is 8.72. The largest absolute Gasteiger partial charge is 0.436 e. The number of aryl methyl sites for hydroxylation is 3. The van der Waals surface area contributed by atoms with Crippen molar-refractivity contribution in [2.45, 2.75) is 27.2 Å². The molecule has 0 N–H and O–H groups in total. The number of nitrogens with zero attached hydrogens (tertiary/aromatic N) is 2. The zero-order valence-electron chi connectivity index (χ0n) is 17.5. The van der Waals surface area contributed by atoms with Gasteiger partial charge in [0.25, 0.3) is 0 Å². The molecule has 4 rings (SSSR count). The number of oxazole rings is 1. The molecule has 0 saturated carbocycles. The number of aromatic nitrogens is 1. The molecule has 4 heteroatoms. The molecular weight excluding hydrogens is 388 g/mol. The van der Waals surface area contributed by atoms with Gasteiger partial charge < -0.3 is 4.42 Å². The number of benzene rings is 3. The van der Waals surface area contributed by atoms with E-state index in [1.807, 2.05) is 36.5 Å². The zero-order valence-corrected chi connectivity index (χ0v) is 18.3. The van der Waals surface area contributed by atoms with E-state index in [4.69, 9.17) is 16.6 Å². The standard InChI is InChI=1S/C26H24N2OS/c1-17-7-10-21(11-8-17)26-28-24-13-20(9-12-25(24)29-26)15-27-16-22(30)14-23-18(2)5-4-6-19(23)3/h4-13,15H,14,16H2,1-3H3. The van der Waals surface area contributed by atoms with E-state index in [9.17, 15) is 0 Å². The van der Waals surface area contributed by atoms with Gasteiger partial charge in [0.2, 0.25) is 5.89 Å². The molecule has 0 saturated heterocycles. The van der Waals surface area contributed by atoms with Gasteiger partial charge in [0, 0.05) is 23.1 Å². The molecule has 0 fully saturated rings. The van der Waals surface area contributed by atoms with Gasteiger partial charge in [-0.2, -0.15) is 0 Å². The molecule has 0 spiro atoms. The van der Waals surface area contributed by atoms with Crippen LogP contribution in [0.2, 0.25) is 0 Å². The van der Waals surface area contributed by atoms with Crippen LogP contribution in [0.25, 0.3) is 22.6 Å². The summed E-state index contributed by atoms with van der Waals surface area (Å²) in [6.07, 6.45) is 2.64. The van der Waals surface area contributed by atoms with Crippen LogP contribution in [0.4, 0.5) is 0 Å². The normalized spacial score (nSPS) is 11.4. The van der Waals surface area contributed by atoms with E-state index >= 15 is 0 Å². The predicted molar refractivity (Wildman–Crippen MR) is 129 cm³/mol. The van der Waals surface area contributed by atoms with Crippen LogP contribution < -0.4 is 0 Å². The minimum absolute atomic E-state index is 0.536. The Labute approximate surface area is 182 Å². The third-order valence-corrected chi connectivity index (χ3v) is 5.51. The van der Waals surface area contributed by atoms with Crippen LogP contribution in [0.15, 0.2) is 70.1 Å². The first-order chi connectivity index (χ1) is 14.5. The Kier molecular flexibility index (Phi) is 5.86. The molecule has 150 valence electrons. The van der Waals surface area contributed by atoms with Gasteiger partial charge >= 0.3 is 0 Å². The van der Waals surface area contributed by atoms with Gasteiger partial charge in [0.1, 0.15) is 5.52 Å². The van der Waals surface area contributed by atoms with Gasteiger partial charge in [0.15, 0.2) is 5.58 Å². The summed E-state index contributed by atoms with van der Waals surface area (Å²) in [5.74, 6) is 0.633. The van der Waals surface area contributed by atoms with E-state index < -0.39 is 0 Å². The highest BCUT2D eigenvalue weighted by atomic mass is 32.1. The molecule has 3 aromatic carbocycles. The van der Waals surface area contributed by atoms with Crippen LogP contribution in [-0.4, -0.2) is 22.6 Å². The molecule has 0 aliphatic carbocycles. The van der Waals surface area contributed by atoms with E-state index in [1.165, 1.54) is 22.3 Å². The summed E-state index contributed by atoms with van der Waals surface area (Å²) < 4.78 is 5.90. The summed E-state index contributed by atoms with van der Waals surface area (Å²) in [7, 11) is 0. The highest BCUT2D eigenvalue weighted by Gasteiger charge is 2.09. The molecule has 1 heterocycles. The number of fused-ring (bicyclic) bond motifs is 1. The molecule has 0 aliphatic rings. The number of hydrogen-bond acceptors (Lipinski definition) is 4. The molecule has 0 bridgehead atoms. The molecular formula is C26H24N2OS. The SMILES string of the molecule is Cc1ccc(-c2nc3cc(C=NCC(=S)Cc4c(C)cccc4C)ccc3o2)cc1. The number of hydrogen-bond donors (Lipinski definition) is 0. The van der Waals surface area contributed by atoms with Gasteiger partial charge in [-0.1, -0.05) is 48.1 Å². The number of thiocarbonyl (C=S) groups is 1. The quantitative estimate of drug-likeness (QED) is 0.270. The van der Waals surface area contributed by atoms with Crippen molar-refractivity contribution < 1.29 is 4.42 Å². The summed E-state index contributed by atoms with van der Waals surface area (Å²) in [6, 6.07) is 20.4. The van der Waals surface area contributed by atoms with E-state index in [-0.39, 0.29) is 0 Å². The lowest BCUT2D eigenvalue weighted by Crippen LogP contribution is -2.07. The number of aliphatic imine (C=N–C) groups is 1. The third kappa shape index (κ3) is 4.55. The van der Waals surface area contributed by atoms with Crippen molar-refractivity contribution in [3.8, 4) is 11.5 Å². The fourth-order valence-corrected chi connectivity index (χ4v) is 3.70. The Morgan fingerprint density at radius 2 is 1.73 bits per heavy atom. The molecule has 0 atom stereocenters. The van der Waals surface area contributed by atoms with Crippen LogP contribution in [0, 0.1) is 20.8 Å². The highest BCUT2D eigenvalue weighted by molar-refractivity contribution is 7.80. The van der Waals surface area contributed by atoms with Crippen LogP contribution in [0.3, 0.4) is 0 Å². The second-order valence-electron chi connectivity index (χ2n) is 7.67. The van der Waals surface area contributed by atoms with Crippen molar-refractivity contribution in [2.24, 2.45) is 4.99 Å². The van der Waals surface area contributed by atoms with Crippen LogP contribution >= 0.6 is 12.2 Å². The summed E-state index contributed by atoms with van der Waals surface area (Å²) in [6.45, 7) is 6.86. The summed E-state index contributed by atoms with van der Waals surface area (Å²) in [5, 5.41) is 0. The van der Waals surface area contributed by atoms with Crippen molar-refractivity contribution in [1.82, 2.24) is 4.98 Å². The maximum absolute atomic E-state index is 5.90. The fourth-order valence-electron chi connectivity index (χ4n) is 3.48. The topological polar surface area (TPSA) is 38.4 Å².